The molecule has 0 heterocycles. The van der Waals surface area contributed by atoms with Gasteiger partial charge in [-0.1, -0.05) is 0 Å². The van der Waals surface area contributed by atoms with Gasteiger partial charge in [-0.05, 0) is 0 Å². The standard InChI is InChI=1S/3C3H8O3.9ClH.6Ti/c3*4-1-3(6)2-5;;;;;;;;;;;;;;;/h3*3-6H,1-2H2;9*1H;;;;;;/q;;;;;;;;;;;;;;;3*+3/p-9. The van der Waals surface area contributed by atoms with Crippen LogP contribution in [0.25, 0.3) is 0 Å². The minimum Gasteiger partial charge on any atom is 0 e. The van der Waals surface area contributed by atoms with Crippen molar-refractivity contribution in [3.63, 3.8) is 0 Å². The molecule has 0 fully saturated rings. The third kappa shape index (κ3) is 150. The molecule has 0 spiro atoms. The van der Waals surface area contributed by atoms with Crippen molar-refractivity contribution in [3.8, 4) is 0 Å². The molecule has 24 heteroatoms. The van der Waals surface area contributed by atoms with Crippen molar-refractivity contribution < 1.29 is 155 Å². The number of aliphatic hydroxyl groups excluding tert-OH is 9. The third-order valence-electron chi connectivity index (χ3n) is 1.26. The molecule has 0 aliphatic heterocycles. The van der Waals surface area contributed by atoms with Crippen molar-refractivity contribution in [1.82, 2.24) is 0 Å². The van der Waals surface area contributed by atoms with Crippen LogP contribution in [0.4, 0.5) is 0 Å². The van der Waals surface area contributed by atoms with Crippen molar-refractivity contribution in [2.24, 2.45) is 0 Å². The van der Waals surface area contributed by atoms with Crippen LogP contribution in [-0.2, 0) is 109 Å². The van der Waals surface area contributed by atoms with Crippen LogP contribution in [0.5, 0.6) is 0 Å². The van der Waals surface area contributed by atoms with E-state index in [-0.39, 0.29) is 105 Å². The van der Waals surface area contributed by atoms with E-state index in [0.717, 1.165) is 0 Å². The number of hydrogen-bond acceptors (Lipinski definition) is 9. The second kappa shape index (κ2) is 58.2. The van der Waals surface area contributed by atoms with Crippen molar-refractivity contribution in [1.29, 1.82) is 0 Å². The number of hydrogen-bond donors (Lipinski definition) is 9. The fourth-order valence-corrected chi connectivity index (χ4v) is 0.173. The molecule has 201 valence electrons. The summed E-state index contributed by atoms with van der Waals surface area (Å²) >= 11 is -5.75. The van der Waals surface area contributed by atoms with Gasteiger partial charge < -0.3 is 46.0 Å². The molecular weight excluding hydrogens is 858 g/mol. The first-order chi connectivity index (χ1) is 13.6. The van der Waals surface area contributed by atoms with Crippen molar-refractivity contribution in [2.75, 3.05) is 39.6 Å². The van der Waals surface area contributed by atoms with Crippen LogP contribution in [0, 0.1) is 0 Å². The summed E-state index contributed by atoms with van der Waals surface area (Å²) in [6.07, 6.45) is -2.86. The van der Waals surface area contributed by atoms with E-state index >= 15 is 0 Å². The van der Waals surface area contributed by atoms with Gasteiger partial charge >= 0.3 is 128 Å². The molecule has 0 rings (SSSR count). The Labute approximate surface area is 291 Å². The molecule has 9 nitrogen and oxygen atoms in total. The Morgan fingerprint density at radius 2 is 0.424 bits per heavy atom. The molecule has 0 aliphatic carbocycles. The van der Waals surface area contributed by atoms with Gasteiger partial charge in [-0.25, -0.2) is 0 Å². The molecular formula is C9H24Cl9O9Ti6. The summed E-state index contributed by atoms with van der Waals surface area (Å²) in [4.78, 5) is 0. The summed E-state index contributed by atoms with van der Waals surface area (Å²) in [6, 6.07) is 0. The molecule has 9 N–H and O–H groups in total. The summed E-state index contributed by atoms with van der Waals surface area (Å²) in [5.74, 6) is 0. The van der Waals surface area contributed by atoms with Gasteiger partial charge in [0, 0.05) is 65.2 Å². The van der Waals surface area contributed by atoms with Crippen LogP contribution >= 0.6 is 83.7 Å². The first-order valence-electron chi connectivity index (χ1n) is 6.82. The summed E-state index contributed by atoms with van der Waals surface area (Å²) < 4.78 is 0. The van der Waals surface area contributed by atoms with Crippen molar-refractivity contribution >= 4 is 83.7 Å². The van der Waals surface area contributed by atoms with Crippen molar-refractivity contribution in [3.05, 3.63) is 0 Å². The van der Waals surface area contributed by atoms with Gasteiger partial charge in [0.25, 0.3) is 0 Å². The largest absolute Gasteiger partial charge is 0 e. The van der Waals surface area contributed by atoms with E-state index in [1.54, 1.807) is 0 Å². The summed E-state index contributed by atoms with van der Waals surface area (Å²) in [5.41, 5.74) is 0. The van der Waals surface area contributed by atoms with E-state index in [4.69, 9.17) is 130 Å². The van der Waals surface area contributed by atoms with Gasteiger partial charge in [-0.3, -0.25) is 0 Å². The van der Waals surface area contributed by atoms with E-state index in [1.165, 1.54) is 0 Å². The quantitative estimate of drug-likeness (QED) is 0.177. The Morgan fingerprint density at radius 1 is 0.364 bits per heavy atom. The van der Waals surface area contributed by atoms with Gasteiger partial charge in [0.15, 0.2) is 0 Å². The Hall–Kier alpha value is 6.54. The Morgan fingerprint density at radius 3 is 0.424 bits per heavy atom. The molecule has 0 saturated carbocycles. The molecule has 0 amide bonds. The molecule has 33 heavy (non-hydrogen) atoms. The Kier molecular flexibility index (Phi) is 111. The fourth-order valence-electron chi connectivity index (χ4n) is 0.173. The minimum absolute atomic E-state index is 0. The molecule has 0 aliphatic rings. The summed E-state index contributed by atoms with van der Waals surface area (Å²) in [6.45, 7) is -2.19. The van der Waals surface area contributed by atoms with E-state index < -0.39 is 62.4 Å². The summed E-state index contributed by atoms with van der Waals surface area (Å²) in [7, 11) is 44.7. The zero-order valence-electron chi connectivity index (χ0n) is 16.4. The summed E-state index contributed by atoms with van der Waals surface area (Å²) in [5, 5.41) is 72.0. The van der Waals surface area contributed by atoms with Crippen LogP contribution in [0.15, 0.2) is 0 Å². The molecule has 0 radical (unpaired) electrons. The van der Waals surface area contributed by atoms with Gasteiger partial charge in [0.2, 0.25) is 0 Å². The molecule has 0 unspecified atom stereocenters. The fraction of sp³-hybridized carbons (Fsp3) is 1.00. The monoisotopic (exact) mass is 879 g/mol. The zero-order valence-corrected chi connectivity index (χ0v) is 32.6. The van der Waals surface area contributed by atoms with Gasteiger partial charge in [-0.2, -0.15) is 0 Å². The molecule has 0 aromatic rings. The van der Waals surface area contributed by atoms with E-state index in [9.17, 15) is 0 Å². The predicted molar refractivity (Wildman–Crippen MR) is 113 cm³/mol. The molecule has 0 atom stereocenters. The first-order valence-corrected chi connectivity index (χ1v) is 26.2. The second-order valence-corrected chi connectivity index (χ2v) is 26.9. The predicted octanol–water partition coefficient (Wildman–Crippen LogP) is 1.19. The normalized spacial score (nSPS) is 7.91. The number of rotatable bonds is 6. The van der Waals surface area contributed by atoms with Crippen LogP contribution in [-0.4, -0.2) is 104 Å². The molecule has 0 saturated heterocycles. The zero-order chi connectivity index (χ0) is 25.7. The van der Waals surface area contributed by atoms with Crippen molar-refractivity contribution in [2.45, 2.75) is 18.3 Å². The first kappa shape index (κ1) is 63.0. The van der Waals surface area contributed by atoms with Gasteiger partial charge in [0.1, 0.15) is 18.3 Å². The van der Waals surface area contributed by atoms with Crippen LogP contribution in [0.3, 0.4) is 0 Å². The molecule has 0 aromatic heterocycles. The maximum Gasteiger partial charge on any atom is 0 e. The number of aliphatic hydroxyl groups is 9. The van der Waals surface area contributed by atoms with Gasteiger partial charge in [-0.15, -0.1) is 0 Å². The number of halogens is 9. The van der Waals surface area contributed by atoms with Crippen LogP contribution < -0.4 is 0 Å². The van der Waals surface area contributed by atoms with E-state index in [0.29, 0.717) is 0 Å². The SMILES string of the molecule is OCC(O)CO.OCC(O)CO.OCC(O)CO.[Cl][Ti]([Cl])[Cl].[Cl][Ti]([Cl])[Cl].[Cl][Ti]([Cl])[Cl].[Ti].[Ti].[Ti]. The maximum absolute atomic E-state index is 8.17. The molecule has 0 bridgehead atoms. The Bertz CT molecular complexity index is 221. The van der Waals surface area contributed by atoms with Gasteiger partial charge in [0.05, 0.1) is 39.6 Å². The van der Waals surface area contributed by atoms with Crippen LogP contribution in [0.1, 0.15) is 0 Å². The second-order valence-electron chi connectivity index (χ2n) is 3.70. The van der Waals surface area contributed by atoms with Crippen LogP contribution in [0.2, 0.25) is 0 Å². The molecule has 0 aromatic carbocycles. The average molecular weight is 883 g/mol. The smallest absolute Gasteiger partial charge is 0 e. The third-order valence-corrected chi connectivity index (χ3v) is 1.26. The van der Waals surface area contributed by atoms with E-state index in [1.807, 2.05) is 0 Å². The maximum atomic E-state index is 8.17. The minimum atomic E-state index is -1.92. The Balaban J connectivity index is -0.0000000297. The average Bonchev–Trinajstić information content (AvgIpc) is 2.65. The topological polar surface area (TPSA) is 182 Å². The van der Waals surface area contributed by atoms with E-state index in [2.05, 4.69) is 0 Å².